The number of hydrogen-bond donors (Lipinski definition) is 1. The number of benzene rings is 1. The largest absolute Gasteiger partial charge is 0.356 e. The van der Waals surface area contributed by atoms with E-state index in [0.29, 0.717) is 12.3 Å². The summed E-state index contributed by atoms with van der Waals surface area (Å²) < 4.78 is 1.26. The maximum atomic E-state index is 11.0. The molecule has 1 atom stereocenters. The molecule has 0 aliphatic carbocycles. The van der Waals surface area contributed by atoms with Crippen molar-refractivity contribution in [2.75, 3.05) is 6.54 Å². The van der Waals surface area contributed by atoms with Crippen LogP contribution in [0, 0.1) is 9.49 Å². The predicted octanol–water partition coefficient (Wildman–Crippen LogP) is 1.97. The van der Waals surface area contributed by atoms with Crippen molar-refractivity contribution < 1.29 is 4.79 Å². The summed E-state index contributed by atoms with van der Waals surface area (Å²) in [4.78, 5) is 11.0. The van der Waals surface area contributed by atoms with Gasteiger partial charge in [0.15, 0.2) is 0 Å². The molecule has 0 bridgehead atoms. The molecule has 3 heteroatoms. The van der Waals surface area contributed by atoms with Crippen molar-refractivity contribution in [3.8, 4) is 0 Å². The van der Waals surface area contributed by atoms with E-state index in [1.807, 2.05) is 0 Å². The van der Waals surface area contributed by atoms with E-state index in [4.69, 9.17) is 0 Å². The van der Waals surface area contributed by atoms with Gasteiger partial charge in [-0.2, -0.15) is 0 Å². The van der Waals surface area contributed by atoms with Crippen LogP contribution in [0.25, 0.3) is 0 Å². The SMILES string of the molecule is O=C1C[C@H](Cc2ccc(I)cc2)CN1. The molecule has 1 aliphatic heterocycles. The summed E-state index contributed by atoms with van der Waals surface area (Å²) in [7, 11) is 0. The third-order valence-electron chi connectivity index (χ3n) is 2.50. The van der Waals surface area contributed by atoms with Crippen LogP contribution < -0.4 is 5.32 Å². The lowest BCUT2D eigenvalue weighted by Gasteiger charge is -2.06. The van der Waals surface area contributed by atoms with Crippen LogP contribution >= 0.6 is 22.6 Å². The van der Waals surface area contributed by atoms with Gasteiger partial charge in [0, 0.05) is 16.5 Å². The van der Waals surface area contributed by atoms with Crippen molar-refractivity contribution in [3.63, 3.8) is 0 Å². The molecule has 0 unspecified atom stereocenters. The molecule has 1 N–H and O–H groups in total. The van der Waals surface area contributed by atoms with Crippen molar-refractivity contribution in [2.24, 2.45) is 5.92 Å². The Hall–Kier alpha value is -0.580. The van der Waals surface area contributed by atoms with Crippen LogP contribution in [0.15, 0.2) is 24.3 Å². The average molecular weight is 301 g/mol. The van der Waals surface area contributed by atoms with E-state index in [1.165, 1.54) is 9.13 Å². The minimum Gasteiger partial charge on any atom is -0.356 e. The maximum Gasteiger partial charge on any atom is 0.220 e. The quantitative estimate of drug-likeness (QED) is 0.832. The molecule has 1 aromatic rings. The zero-order valence-electron chi connectivity index (χ0n) is 7.79. The van der Waals surface area contributed by atoms with Crippen molar-refractivity contribution in [1.82, 2.24) is 5.32 Å². The molecule has 2 rings (SSSR count). The number of halogens is 1. The van der Waals surface area contributed by atoms with Crippen LogP contribution in [-0.2, 0) is 11.2 Å². The Morgan fingerprint density at radius 3 is 2.64 bits per heavy atom. The molecule has 1 aliphatic rings. The molecule has 0 radical (unpaired) electrons. The van der Waals surface area contributed by atoms with Crippen LogP contribution in [0.3, 0.4) is 0 Å². The van der Waals surface area contributed by atoms with E-state index in [0.717, 1.165) is 13.0 Å². The molecule has 14 heavy (non-hydrogen) atoms. The second kappa shape index (κ2) is 4.29. The highest BCUT2D eigenvalue weighted by molar-refractivity contribution is 14.1. The van der Waals surface area contributed by atoms with Crippen LogP contribution in [0.4, 0.5) is 0 Å². The zero-order chi connectivity index (χ0) is 9.97. The number of hydrogen-bond acceptors (Lipinski definition) is 1. The number of rotatable bonds is 2. The van der Waals surface area contributed by atoms with Gasteiger partial charge in [0.05, 0.1) is 0 Å². The summed E-state index contributed by atoms with van der Waals surface area (Å²) in [5.41, 5.74) is 1.33. The lowest BCUT2D eigenvalue weighted by molar-refractivity contribution is -0.119. The number of carbonyl (C=O) groups is 1. The molecule has 1 heterocycles. The highest BCUT2D eigenvalue weighted by atomic mass is 127. The normalized spacial score (nSPS) is 20.9. The van der Waals surface area contributed by atoms with Crippen molar-refractivity contribution in [2.45, 2.75) is 12.8 Å². The van der Waals surface area contributed by atoms with Crippen LogP contribution in [0.2, 0.25) is 0 Å². The Bertz CT molecular complexity index is 334. The Balaban J connectivity index is 1.97. The van der Waals surface area contributed by atoms with Crippen molar-refractivity contribution in [1.29, 1.82) is 0 Å². The fraction of sp³-hybridized carbons (Fsp3) is 0.364. The molecule has 0 saturated carbocycles. The number of amides is 1. The van der Waals surface area contributed by atoms with Gasteiger partial charge in [0.2, 0.25) is 5.91 Å². The smallest absolute Gasteiger partial charge is 0.220 e. The third-order valence-corrected chi connectivity index (χ3v) is 3.22. The molecular formula is C11H12INO. The summed E-state index contributed by atoms with van der Waals surface area (Å²) in [6.07, 6.45) is 1.70. The van der Waals surface area contributed by atoms with E-state index >= 15 is 0 Å². The average Bonchev–Trinajstić information content (AvgIpc) is 2.56. The van der Waals surface area contributed by atoms with Crippen molar-refractivity contribution >= 4 is 28.5 Å². The van der Waals surface area contributed by atoms with Gasteiger partial charge in [-0.3, -0.25) is 4.79 Å². The highest BCUT2D eigenvalue weighted by Crippen LogP contribution is 2.16. The number of carbonyl (C=O) groups excluding carboxylic acids is 1. The van der Waals surface area contributed by atoms with Gasteiger partial charge in [-0.25, -0.2) is 0 Å². The molecule has 1 saturated heterocycles. The van der Waals surface area contributed by atoms with Crippen LogP contribution in [0.1, 0.15) is 12.0 Å². The second-order valence-electron chi connectivity index (χ2n) is 3.70. The third kappa shape index (κ3) is 2.47. The molecule has 1 amide bonds. The first-order chi connectivity index (χ1) is 6.74. The molecule has 74 valence electrons. The summed E-state index contributed by atoms with van der Waals surface area (Å²) in [6, 6.07) is 8.51. The highest BCUT2D eigenvalue weighted by Gasteiger charge is 2.21. The van der Waals surface area contributed by atoms with Gasteiger partial charge in [0.1, 0.15) is 0 Å². The Morgan fingerprint density at radius 1 is 1.36 bits per heavy atom. The standard InChI is InChI=1S/C11H12INO/c12-10-3-1-8(2-4-10)5-9-6-11(14)13-7-9/h1-4,9H,5-7H2,(H,13,14)/t9-/m0/s1. The monoisotopic (exact) mass is 301 g/mol. The fourth-order valence-electron chi connectivity index (χ4n) is 1.76. The molecule has 1 aromatic carbocycles. The Labute approximate surface area is 97.2 Å². The molecule has 2 nitrogen and oxygen atoms in total. The summed E-state index contributed by atoms with van der Waals surface area (Å²) in [6.45, 7) is 0.838. The van der Waals surface area contributed by atoms with E-state index in [9.17, 15) is 4.79 Å². The fourth-order valence-corrected chi connectivity index (χ4v) is 2.12. The van der Waals surface area contributed by atoms with E-state index in [-0.39, 0.29) is 5.91 Å². The maximum absolute atomic E-state index is 11.0. The molecular weight excluding hydrogens is 289 g/mol. The molecule has 0 spiro atoms. The second-order valence-corrected chi connectivity index (χ2v) is 4.95. The van der Waals surface area contributed by atoms with E-state index < -0.39 is 0 Å². The minimum atomic E-state index is 0.195. The van der Waals surface area contributed by atoms with Crippen LogP contribution in [-0.4, -0.2) is 12.5 Å². The van der Waals surface area contributed by atoms with Gasteiger partial charge < -0.3 is 5.32 Å². The summed E-state index contributed by atoms with van der Waals surface area (Å²) in [5.74, 6) is 0.683. The van der Waals surface area contributed by atoms with Crippen molar-refractivity contribution in [3.05, 3.63) is 33.4 Å². The molecule has 1 fully saturated rings. The zero-order valence-corrected chi connectivity index (χ0v) is 9.95. The van der Waals surface area contributed by atoms with Crippen LogP contribution in [0.5, 0.6) is 0 Å². The lowest BCUT2D eigenvalue weighted by atomic mass is 9.99. The topological polar surface area (TPSA) is 29.1 Å². The predicted molar refractivity (Wildman–Crippen MR) is 64.0 cm³/mol. The van der Waals surface area contributed by atoms with E-state index in [2.05, 4.69) is 52.2 Å². The van der Waals surface area contributed by atoms with E-state index in [1.54, 1.807) is 0 Å². The van der Waals surface area contributed by atoms with Gasteiger partial charge in [0.25, 0.3) is 0 Å². The van der Waals surface area contributed by atoms with Gasteiger partial charge in [-0.05, 0) is 52.6 Å². The minimum absolute atomic E-state index is 0.195. The Kier molecular flexibility index (Phi) is 3.05. The number of nitrogens with one attached hydrogen (secondary N) is 1. The first-order valence-corrected chi connectivity index (χ1v) is 5.83. The van der Waals surface area contributed by atoms with Gasteiger partial charge in [-0.15, -0.1) is 0 Å². The Morgan fingerprint density at radius 2 is 2.07 bits per heavy atom. The first-order valence-electron chi connectivity index (χ1n) is 4.75. The summed E-state index contributed by atoms with van der Waals surface area (Å²) >= 11 is 2.30. The van der Waals surface area contributed by atoms with Gasteiger partial charge >= 0.3 is 0 Å². The lowest BCUT2D eigenvalue weighted by Crippen LogP contribution is -2.14. The molecule has 0 aromatic heterocycles. The van der Waals surface area contributed by atoms with Gasteiger partial charge in [-0.1, -0.05) is 12.1 Å². The summed E-state index contributed by atoms with van der Waals surface area (Å²) in [5, 5.41) is 2.86. The first kappa shape index (κ1) is 9.96.